The molecule has 0 radical (unpaired) electrons. The lowest BCUT2D eigenvalue weighted by Gasteiger charge is -2.74. The van der Waals surface area contributed by atoms with Gasteiger partial charge in [-0.2, -0.15) is 0 Å². The Hall–Kier alpha value is -3.26. The SMILES string of the molecule is c1ccc(-c2cc(-c3ccc(C45CC6CC7C8CC(CC74)CC5C8C6)cc3)nc(-c3ccccc3)n2)cc1. The molecule has 8 bridgehead atoms. The molecule has 2 nitrogen and oxygen atoms in total. The molecule has 0 saturated heterocycles. The van der Waals surface area contributed by atoms with E-state index in [1.165, 1.54) is 37.7 Å². The minimum absolute atomic E-state index is 0.457. The number of rotatable bonds is 4. The van der Waals surface area contributed by atoms with Gasteiger partial charge in [-0.3, -0.25) is 0 Å². The Morgan fingerprint density at radius 2 is 1.08 bits per heavy atom. The molecule has 7 aliphatic carbocycles. The average Bonchev–Trinajstić information content (AvgIpc) is 3.00. The molecule has 0 amide bonds. The smallest absolute Gasteiger partial charge is 0.160 e. The molecule has 38 heavy (non-hydrogen) atoms. The summed E-state index contributed by atoms with van der Waals surface area (Å²) in [7, 11) is 0. The van der Waals surface area contributed by atoms with E-state index in [9.17, 15) is 0 Å². The van der Waals surface area contributed by atoms with Gasteiger partial charge < -0.3 is 0 Å². The first-order valence-electron chi connectivity index (χ1n) is 14.9. The van der Waals surface area contributed by atoms with Gasteiger partial charge in [-0.05, 0) is 91.6 Å². The number of hydrogen-bond acceptors (Lipinski definition) is 2. The van der Waals surface area contributed by atoms with Crippen LogP contribution in [0.3, 0.4) is 0 Å². The van der Waals surface area contributed by atoms with Crippen LogP contribution in [0.4, 0.5) is 0 Å². The zero-order valence-corrected chi connectivity index (χ0v) is 21.8. The zero-order chi connectivity index (χ0) is 24.8. The van der Waals surface area contributed by atoms with Crippen LogP contribution in [-0.2, 0) is 5.41 Å². The third-order valence-electron chi connectivity index (χ3n) is 11.6. The Labute approximate surface area is 225 Å². The third kappa shape index (κ3) is 2.95. The van der Waals surface area contributed by atoms with Crippen molar-refractivity contribution in [3.05, 3.63) is 96.6 Å². The van der Waals surface area contributed by atoms with Gasteiger partial charge >= 0.3 is 0 Å². The van der Waals surface area contributed by atoms with Crippen molar-refractivity contribution in [2.24, 2.45) is 41.4 Å². The lowest BCUT2D eigenvalue weighted by molar-refractivity contribution is -0.220. The molecule has 4 atom stereocenters. The summed E-state index contributed by atoms with van der Waals surface area (Å²) in [5, 5.41) is 0. The summed E-state index contributed by atoms with van der Waals surface area (Å²) < 4.78 is 0. The molecule has 4 unspecified atom stereocenters. The van der Waals surface area contributed by atoms with Crippen LogP contribution in [0, 0.1) is 41.4 Å². The van der Waals surface area contributed by atoms with Crippen molar-refractivity contribution in [2.75, 3.05) is 0 Å². The van der Waals surface area contributed by atoms with Crippen molar-refractivity contribution in [1.29, 1.82) is 0 Å². The van der Waals surface area contributed by atoms with Crippen LogP contribution in [0.1, 0.15) is 44.1 Å². The first-order valence-corrected chi connectivity index (χ1v) is 14.9. The average molecular weight is 495 g/mol. The standard InChI is InChI=1S/C36H34N2/c1-3-7-24(8-4-1)33-20-34(38-35(37-33)26-9-5-2-6-10-26)25-11-13-27(14-12-25)36-21-23-16-29-28-15-22(18-31(29)36)19-32(36)30(28)17-23/h1-14,20,22-23,28-32H,15-19,21H2. The lowest BCUT2D eigenvalue weighted by atomic mass is 9.30. The van der Waals surface area contributed by atoms with E-state index in [2.05, 4.69) is 84.9 Å². The molecule has 2 heteroatoms. The summed E-state index contributed by atoms with van der Waals surface area (Å²) in [6, 6.07) is 32.8. The fourth-order valence-electron chi connectivity index (χ4n) is 10.5. The highest BCUT2D eigenvalue weighted by molar-refractivity contribution is 5.72. The van der Waals surface area contributed by atoms with E-state index in [4.69, 9.17) is 9.97 Å². The summed E-state index contributed by atoms with van der Waals surface area (Å²) >= 11 is 0. The first kappa shape index (κ1) is 21.6. The Balaban J connectivity index is 1.13. The maximum Gasteiger partial charge on any atom is 0.160 e. The van der Waals surface area contributed by atoms with Crippen molar-refractivity contribution < 1.29 is 0 Å². The van der Waals surface area contributed by atoms with E-state index in [0.29, 0.717) is 5.41 Å². The summed E-state index contributed by atoms with van der Waals surface area (Å²) in [6.45, 7) is 0. The van der Waals surface area contributed by atoms with Crippen molar-refractivity contribution in [3.8, 4) is 33.9 Å². The molecule has 1 aromatic heterocycles. The van der Waals surface area contributed by atoms with Crippen molar-refractivity contribution in [2.45, 2.75) is 43.9 Å². The summed E-state index contributed by atoms with van der Waals surface area (Å²) in [5.74, 6) is 7.78. The predicted molar refractivity (Wildman–Crippen MR) is 152 cm³/mol. The molecule has 3 aromatic carbocycles. The van der Waals surface area contributed by atoms with E-state index in [1.807, 2.05) is 6.07 Å². The second-order valence-electron chi connectivity index (χ2n) is 13.1. The Morgan fingerprint density at radius 3 is 1.71 bits per heavy atom. The normalized spacial score (nSPS) is 35.6. The molecule has 188 valence electrons. The highest BCUT2D eigenvalue weighted by Crippen LogP contribution is 2.76. The van der Waals surface area contributed by atoms with Gasteiger partial charge in [-0.15, -0.1) is 0 Å². The van der Waals surface area contributed by atoms with Crippen LogP contribution >= 0.6 is 0 Å². The van der Waals surface area contributed by atoms with Crippen LogP contribution < -0.4 is 0 Å². The fourth-order valence-corrected chi connectivity index (χ4v) is 10.5. The molecule has 11 rings (SSSR count). The van der Waals surface area contributed by atoms with Crippen LogP contribution in [-0.4, -0.2) is 9.97 Å². The summed E-state index contributed by atoms with van der Waals surface area (Å²) in [6.07, 6.45) is 9.10. The maximum absolute atomic E-state index is 5.08. The summed E-state index contributed by atoms with van der Waals surface area (Å²) in [4.78, 5) is 10.1. The molecule has 0 N–H and O–H groups in total. The highest BCUT2D eigenvalue weighted by Gasteiger charge is 2.70. The molecule has 7 fully saturated rings. The van der Waals surface area contributed by atoms with Gasteiger partial charge in [0.15, 0.2) is 5.82 Å². The Bertz CT molecular complexity index is 1430. The largest absolute Gasteiger partial charge is 0.228 e. The molecular formula is C36H34N2. The van der Waals surface area contributed by atoms with Crippen molar-refractivity contribution >= 4 is 0 Å². The molecule has 4 aromatic rings. The quantitative estimate of drug-likeness (QED) is 0.284. The van der Waals surface area contributed by atoms with Crippen LogP contribution in [0.25, 0.3) is 33.9 Å². The van der Waals surface area contributed by atoms with Crippen LogP contribution in [0.5, 0.6) is 0 Å². The second-order valence-corrected chi connectivity index (χ2v) is 13.1. The van der Waals surface area contributed by atoms with Crippen LogP contribution in [0.2, 0.25) is 0 Å². The van der Waals surface area contributed by atoms with Gasteiger partial charge in [-0.25, -0.2) is 9.97 Å². The van der Waals surface area contributed by atoms with Gasteiger partial charge in [0.1, 0.15) is 0 Å². The molecule has 0 spiro atoms. The van der Waals surface area contributed by atoms with Crippen LogP contribution in [0.15, 0.2) is 91.0 Å². The fraction of sp³-hybridized carbons (Fsp3) is 0.389. The number of hydrogen-bond donors (Lipinski definition) is 0. The van der Waals surface area contributed by atoms with Gasteiger partial charge in [0.05, 0.1) is 11.4 Å². The maximum atomic E-state index is 5.08. The van der Waals surface area contributed by atoms with Crippen molar-refractivity contribution in [1.82, 2.24) is 9.97 Å². The van der Waals surface area contributed by atoms with Crippen molar-refractivity contribution in [3.63, 3.8) is 0 Å². The van der Waals surface area contributed by atoms with E-state index in [-0.39, 0.29) is 0 Å². The van der Waals surface area contributed by atoms with Gasteiger partial charge in [0.2, 0.25) is 0 Å². The molecule has 0 aliphatic heterocycles. The number of benzene rings is 3. The van der Waals surface area contributed by atoms with E-state index >= 15 is 0 Å². The Morgan fingerprint density at radius 1 is 0.526 bits per heavy atom. The topological polar surface area (TPSA) is 25.8 Å². The Kier molecular flexibility index (Phi) is 4.49. The van der Waals surface area contributed by atoms with Gasteiger partial charge in [-0.1, -0.05) is 84.9 Å². The number of aromatic nitrogens is 2. The first-order chi connectivity index (χ1) is 18.8. The van der Waals surface area contributed by atoms with Gasteiger partial charge in [0.25, 0.3) is 0 Å². The molecule has 1 heterocycles. The van der Waals surface area contributed by atoms with E-state index in [1.54, 1.807) is 12.0 Å². The molecule has 7 saturated carbocycles. The van der Waals surface area contributed by atoms with E-state index in [0.717, 1.165) is 69.8 Å². The summed E-state index contributed by atoms with van der Waals surface area (Å²) in [5.41, 5.74) is 7.48. The van der Waals surface area contributed by atoms with Gasteiger partial charge in [0, 0.05) is 22.1 Å². The predicted octanol–water partition coefficient (Wildman–Crippen LogP) is 8.44. The number of nitrogens with zero attached hydrogens (tertiary/aromatic N) is 2. The third-order valence-corrected chi connectivity index (χ3v) is 11.6. The molecule has 7 aliphatic rings. The minimum atomic E-state index is 0.457. The zero-order valence-electron chi connectivity index (χ0n) is 21.8. The lowest BCUT2D eigenvalue weighted by Crippen LogP contribution is -2.69. The van der Waals surface area contributed by atoms with E-state index < -0.39 is 0 Å². The minimum Gasteiger partial charge on any atom is -0.228 e. The highest BCUT2D eigenvalue weighted by atomic mass is 14.9. The second kappa shape index (κ2) is 7.88. The monoisotopic (exact) mass is 494 g/mol. The molecular weight excluding hydrogens is 460 g/mol.